The molecular weight excluding hydrogens is 206 g/mol. The van der Waals surface area contributed by atoms with Crippen LogP contribution in [0, 0.1) is 0 Å². The van der Waals surface area contributed by atoms with Gasteiger partial charge in [0.2, 0.25) is 0 Å². The fourth-order valence-corrected chi connectivity index (χ4v) is 1.47. The molecule has 0 aliphatic carbocycles. The number of aromatic nitrogens is 1. The molecule has 0 unspecified atom stereocenters. The number of ether oxygens (including phenoxy) is 2. The molecule has 0 saturated carbocycles. The Bertz CT molecular complexity index is 490. The number of esters is 1. The van der Waals surface area contributed by atoms with E-state index in [0.29, 0.717) is 6.61 Å². The van der Waals surface area contributed by atoms with Crippen LogP contribution in [0.1, 0.15) is 6.92 Å². The molecule has 1 heterocycles. The molecule has 1 aromatic carbocycles. The summed E-state index contributed by atoms with van der Waals surface area (Å²) in [6.45, 7) is 2.03. The molecule has 0 radical (unpaired) electrons. The van der Waals surface area contributed by atoms with Gasteiger partial charge in [-0.2, -0.15) is 0 Å². The summed E-state index contributed by atoms with van der Waals surface area (Å²) >= 11 is 0. The summed E-state index contributed by atoms with van der Waals surface area (Å²) in [5.74, 6) is 0.490. The average molecular weight is 219 g/mol. The van der Waals surface area contributed by atoms with Gasteiger partial charge in [-0.3, -0.25) is 4.79 Å². The van der Waals surface area contributed by atoms with Crippen molar-refractivity contribution in [2.24, 2.45) is 0 Å². The maximum absolute atomic E-state index is 10.5. The lowest BCUT2D eigenvalue weighted by atomic mass is 10.2. The Kier molecular flexibility index (Phi) is 3.10. The third kappa shape index (κ3) is 2.53. The second kappa shape index (κ2) is 4.70. The maximum atomic E-state index is 10.5. The summed E-state index contributed by atoms with van der Waals surface area (Å²) in [4.78, 5) is 13.6. The number of hydrogen-bond donors (Lipinski definition) is 1. The highest BCUT2D eigenvalue weighted by molar-refractivity contribution is 5.80. The summed E-state index contributed by atoms with van der Waals surface area (Å²) < 4.78 is 10.2. The lowest BCUT2D eigenvalue weighted by Gasteiger charge is -2.06. The molecule has 4 heteroatoms. The van der Waals surface area contributed by atoms with Crippen molar-refractivity contribution in [1.82, 2.24) is 4.98 Å². The van der Waals surface area contributed by atoms with Crippen LogP contribution in [0.25, 0.3) is 10.9 Å². The molecule has 0 atom stereocenters. The summed E-state index contributed by atoms with van der Waals surface area (Å²) in [7, 11) is 0. The average Bonchev–Trinajstić information content (AvgIpc) is 2.71. The summed E-state index contributed by atoms with van der Waals surface area (Å²) in [5, 5.41) is 1.10. The van der Waals surface area contributed by atoms with Gasteiger partial charge in [0.15, 0.2) is 0 Å². The fourth-order valence-electron chi connectivity index (χ4n) is 1.47. The van der Waals surface area contributed by atoms with Crippen molar-refractivity contribution in [3.63, 3.8) is 0 Å². The van der Waals surface area contributed by atoms with E-state index in [1.54, 1.807) is 0 Å². The minimum Gasteiger partial charge on any atom is -0.490 e. The van der Waals surface area contributed by atoms with E-state index < -0.39 is 0 Å². The predicted octanol–water partition coefficient (Wildman–Crippen LogP) is 2.11. The van der Waals surface area contributed by atoms with E-state index in [9.17, 15) is 4.79 Å². The summed E-state index contributed by atoms with van der Waals surface area (Å²) in [6, 6.07) is 7.76. The van der Waals surface area contributed by atoms with Crippen molar-refractivity contribution in [3.8, 4) is 5.75 Å². The fraction of sp³-hybridized carbons (Fsp3) is 0.250. The monoisotopic (exact) mass is 219 g/mol. The molecule has 0 bridgehead atoms. The highest BCUT2D eigenvalue weighted by Crippen LogP contribution is 2.19. The van der Waals surface area contributed by atoms with Crippen LogP contribution in [0.15, 0.2) is 30.5 Å². The molecule has 0 amide bonds. The second-order valence-corrected chi connectivity index (χ2v) is 3.42. The van der Waals surface area contributed by atoms with Gasteiger partial charge in [-0.15, -0.1) is 0 Å². The van der Waals surface area contributed by atoms with E-state index in [2.05, 4.69) is 4.98 Å². The van der Waals surface area contributed by atoms with Crippen molar-refractivity contribution in [3.05, 3.63) is 30.5 Å². The highest BCUT2D eigenvalue weighted by atomic mass is 16.6. The first-order chi connectivity index (χ1) is 7.75. The zero-order valence-corrected chi connectivity index (χ0v) is 9.03. The second-order valence-electron chi connectivity index (χ2n) is 3.42. The Labute approximate surface area is 93.2 Å². The van der Waals surface area contributed by atoms with Crippen LogP contribution in [0.2, 0.25) is 0 Å². The summed E-state index contributed by atoms with van der Waals surface area (Å²) in [5.41, 5.74) is 1.08. The molecule has 2 rings (SSSR count). The topological polar surface area (TPSA) is 51.3 Å². The number of aromatic amines is 1. The zero-order valence-electron chi connectivity index (χ0n) is 9.03. The molecule has 1 N–H and O–H groups in total. The Morgan fingerprint density at radius 1 is 1.31 bits per heavy atom. The largest absolute Gasteiger partial charge is 0.490 e. The molecule has 0 aliphatic rings. The van der Waals surface area contributed by atoms with Crippen LogP contribution in [-0.2, 0) is 9.53 Å². The lowest BCUT2D eigenvalue weighted by Crippen LogP contribution is -2.09. The Balaban J connectivity index is 1.91. The Hall–Kier alpha value is -1.97. The molecule has 16 heavy (non-hydrogen) atoms. The number of fused-ring (bicyclic) bond motifs is 1. The number of carbonyl (C=O) groups is 1. The third-order valence-corrected chi connectivity index (χ3v) is 2.18. The van der Waals surface area contributed by atoms with Gasteiger partial charge in [0.1, 0.15) is 19.0 Å². The number of carbonyl (C=O) groups excluding carboxylic acids is 1. The van der Waals surface area contributed by atoms with Gasteiger partial charge in [-0.25, -0.2) is 0 Å². The van der Waals surface area contributed by atoms with Gasteiger partial charge in [-0.1, -0.05) is 0 Å². The van der Waals surface area contributed by atoms with Gasteiger partial charge >= 0.3 is 5.97 Å². The Morgan fingerprint density at radius 2 is 2.19 bits per heavy atom. The molecule has 0 fully saturated rings. The maximum Gasteiger partial charge on any atom is 0.302 e. The minimum atomic E-state index is -0.287. The number of hydrogen-bond acceptors (Lipinski definition) is 3. The van der Waals surface area contributed by atoms with Crippen molar-refractivity contribution in [1.29, 1.82) is 0 Å². The highest BCUT2D eigenvalue weighted by Gasteiger charge is 1.98. The van der Waals surface area contributed by atoms with Gasteiger partial charge in [0.25, 0.3) is 0 Å². The van der Waals surface area contributed by atoms with E-state index in [1.807, 2.05) is 30.5 Å². The van der Waals surface area contributed by atoms with Crippen LogP contribution in [0.4, 0.5) is 0 Å². The van der Waals surface area contributed by atoms with E-state index >= 15 is 0 Å². The van der Waals surface area contributed by atoms with E-state index in [4.69, 9.17) is 9.47 Å². The molecule has 1 aromatic heterocycles. The molecule has 0 aliphatic heterocycles. The van der Waals surface area contributed by atoms with Gasteiger partial charge in [0.05, 0.1) is 0 Å². The molecule has 4 nitrogen and oxygen atoms in total. The first-order valence-electron chi connectivity index (χ1n) is 5.09. The van der Waals surface area contributed by atoms with Crippen LogP contribution < -0.4 is 4.74 Å². The first kappa shape index (κ1) is 10.5. The Morgan fingerprint density at radius 3 is 3.00 bits per heavy atom. The van der Waals surface area contributed by atoms with Crippen LogP contribution >= 0.6 is 0 Å². The number of benzene rings is 1. The molecule has 0 spiro atoms. The van der Waals surface area contributed by atoms with Crippen molar-refractivity contribution >= 4 is 16.9 Å². The van der Waals surface area contributed by atoms with Crippen molar-refractivity contribution in [2.45, 2.75) is 6.92 Å². The van der Waals surface area contributed by atoms with Gasteiger partial charge in [0, 0.05) is 24.0 Å². The summed E-state index contributed by atoms with van der Waals surface area (Å²) in [6.07, 6.45) is 1.88. The van der Waals surface area contributed by atoms with Crippen molar-refractivity contribution in [2.75, 3.05) is 13.2 Å². The van der Waals surface area contributed by atoms with E-state index in [1.165, 1.54) is 6.92 Å². The number of rotatable bonds is 4. The molecule has 84 valence electrons. The van der Waals surface area contributed by atoms with Gasteiger partial charge in [-0.05, 0) is 24.3 Å². The lowest BCUT2D eigenvalue weighted by molar-refractivity contribution is -0.141. The molecule has 0 saturated heterocycles. The predicted molar refractivity (Wildman–Crippen MR) is 60.4 cm³/mol. The molecular formula is C12H13NO3. The normalized spacial score (nSPS) is 10.3. The van der Waals surface area contributed by atoms with Crippen LogP contribution in [0.3, 0.4) is 0 Å². The van der Waals surface area contributed by atoms with E-state index in [0.717, 1.165) is 16.7 Å². The van der Waals surface area contributed by atoms with Crippen LogP contribution in [-0.4, -0.2) is 24.2 Å². The zero-order chi connectivity index (χ0) is 11.4. The third-order valence-electron chi connectivity index (χ3n) is 2.18. The smallest absolute Gasteiger partial charge is 0.302 e. The number of nitrogens with one attached hydrogen (secondary N) is 1. The van der Waals surface area contributed by atoms with E-state index in [-0.39, 0.29) is 12.6 Å². The minimum absolute atomic E-state index is 0.278. The van der Waals surface area contributed by atoms with Gasteiger partial charge < -0.3 is 14.5 Å². The van der Waals surface area contributed by atoms with Crippen molar-refractivity contribution < 1.29 is 14.3 Å². The quantitative estimate of drug-likeness (QED) is 0.633. The standard InChI is InChI=1S/C12H13NO3/c1-9(14)15-6-7-16-11-2-3-12-10(8-11)4-5-13-12/h2-5,8,13H,6-7H2,1H3. The number of H-pyrrole nitrogens is 1. The van der Waals surface area contributed by atoms with Crippen LogP contribution in [0.5, 0.6) is 5.75 Å². The SMILES string of the molecule is CC(=O)OCCOc1ccc2[nH]ccc2c1. The molecule has 2 aromatic rings. The first-order valence-corrected chi connectivity index (χ1v) is 5.09.